The molecule has 0 radical (unpaired) electrons. The number of imidazole rings is 1. The molecule has 1 atom stereocenters. The first kappa shape index (κ1) is 18.7. The van der Waals surface area contributed by atoms with Crippen LogP contribution in [0.1, 0.15) is 18.5 Å². The minimum absolute atomic E-state index is 0.205. The Morgan fingerprint density at radius 2 is 1.81 bits per heavy atom. The minimum atomic E-state index is 0.205. The molecule has 0 amide bonds. The van der Waals surface area contributed by atoms with Crippen molar-refractivity contribution in [2.75, 3.05) is 7.05 Å². The van der Waals surface area contributed by atoms with Gasteiger partial charge < -0.3 is 10.3 Å². The van der Waals surface area contributed by atoms with E-state index in [2.05, 4.69) is 87.0 Å². The minimum Gasteiger partial charge on any atom is -0.337 e. The van der Waals surface area contributed by atoms with Crippen molar-refractivity contribution in [3.05, 3.63) is 78.6 Å². The highest BCUT2D eigenvalue weighted by Crippen LogP contribution is 2.33. The molecule has 0 aliphatic rings. The summed E-state index contributed by atoms with van der Waals surface area (Å²) in [6, 6.07) is 21.1. The molecular weight excluding hydrogens is 396 g/mol. The third kappa shape index (κ3) is 2.88. The Labute approximate surface area is 184 Å². The van der Waals surface area contributed by atoms with Gasteiger partial charge in [0.2, 0.25) is 0 Å². The molecule has 6 aromatic rings. The molecule has 0 spiro atoms. The number of hydrogen-bond acceptors (Lipinski definition) is 4. The van der Waals surface area contributed by atoms with Crippen molar-refractivity contribution in [1.29, 1.82) is 0 Å². The van der Waals surface area contributed by atoms with Crippen LogP contribution in [0.25, 0.3) is 55.4 Å². The number of rotatable bonds is 4. The zero-order valence-corrected chi connectivity index (χ0v) is 17.8. The molecule has 3 heterocycles. The quantitative estimate of drug-likeness (QED) is 0.348. The smallest absolute Gasteiger partial charge is 0.159 e. The third-order valence-electron chi connectivity index (χ3n) is 6.21. The van der Waals surface area contributed by atoms with E-state index in [4.69, 9.17) is 4.98 Å². The largest absolute Gasteiger partial charge is 0.337 e. The van der Waals surface area contributed by atoms with E-state index in [-0.39, 0.29) is 6.04 Å². The Morgan fingerprint density at radius 3 is 2.72 bits per heavy atom. The molecule has 0 saturated carbocycles. The van der Waals surface area contributed by atoms with Gasteiger partial charge in [-0.05, 0) is 48.7 Å². The van der Waals surface area contributed by atoms with Crippen LogP contribution in [0.5, 0.6) is 0 Å². The maximum absolute atomic E-state index is 4.94. The van der Waals surface area contributed by atoms with Crippen LogP contribution >= 0.6 is 0 Å². The van der Waals surface area contributed by atoms with E-state index in [0.717, 1.165) is 55.5 Å². The van der Waals surface area contributed by atoms with Crippen LogP contribution in [0.15, 0.2) is 73.1 Å². The second-order valence-corrected chi connectivity index (χ2v) is 8.08. The molecule has 3 aromatic carbocycles. The van der Waals surface area contributed by atoms with Gasteiger partial charge in [0, 0.05) is 34.8 Å². The summed E-state index contributed by atoms with van der Waals surface area (Å²) in [6.45, 7) is 2.14. The van der Waals surface area contributed by atoms with E-state index in [9.17, 15) is 0 Å². The van der Waals surface area contributed by atoms with Crippen molar-refractivity contribution in [1.82, 2.24) is 30.5 Å². The molecule has 0 aliphatic heterocycles. The lowest BCUT2D eigenvalue weighted by atomic mass is 9.99. The fourth-order valence-electron chi connectivity index (χ4n) is 4.38. The van der Waals surface area contributed by atoms with Gasteiger partial charge in [-0.1, -0.05) is 42.5 Å². The van der Waals surface area contributed by atoms with Gasteiger partial charge in [0.15, 0.2) is 5.82 Å². The average molecular weight is 419 g/mol. The SMILES string of the molecule is CNC(C)c1cccc2[nH]c(-c3n[nH]c4ccc(-c5cncc6ccccc56)cc34)nc12. The number of para-hydroxylation sites is 1. The molecule has 0 saturated heterocycles. The Bertz CT molecular complexity index is 1590. The van der Waals surface area contributed by atoms with Gasteiger partial charge in [-0.2, -0.15) is 5.10 Å². The maximum Gasteiger partial charge on any atom is 0.159 e. The predicted molar refractivity (Wildman–Crippen MR) is 129 cm³/mol. The van der Waals surface area contributed by atoms with Crippen LogP contribution < -0.4 is 5.32 Å². The Hall–Kier alpha value is -4.03. The zero-order chi connectivity index (χ0) is 21.7. The normalized spacial score (nSPS) is 12.7. The van der Waals surface area contributed by atoms with Crippen molar-refractivity contribution in [2.24, 2.45) is 0 Å². The summed E-state index contributed by atoms with van der Waals surface area (Å²) in [5.41, 5.74) is 7.13. The molecule has 6 heteroatoms. The molecule has 32 heavy (non-hydrogen) atoms. The van der Waals surface area contributed by atoms with Gasteiger partial charge in [-0.15, -0.1) is 0 Å². The van der Waals surface area contributed by atoms with Gasteiger partial charge in [0.05, 0.1) is 16.6 Å². The van der Waals surface area contributed by atoms with E-state index in [0.29, 0.717) is 0 Å². The van der Waals surface area contributed by atoms with E-state index in [1.54, 1.807) is 0 Å². The van der Waals surface area contributed by atoms with E-state index < -0.39 is 0 Å². The number of aromatic amines is 2. The second kappa shape index (κ2) is 7.28. The van der Waals surface area contributed by atoms with Crippen molar-refractivity contribution >= 4 is 32.7 Å². The maximum atomic E-state index is 4.94. The standard InChI is InChI=1S/C26H22N6/c1-15(27-2)18-8-5-9-23-24(18)30-26(29-23)25-20-12-16(10-11-22(20)31-32-25)21-14-28-13-17-6-3-4-7-19(17)21/h3-15,27H,1-2H3,(H,29,30)(H,31,32). The Balaban J connectivity index is 1.53. The van der Waals surface area contributed by atoms with Gasteiger partial charge in [-0.3, -0.25) is 10.1 Å². The van der Waals surface area contributed by atoms with E-state index in [1.165, 1.54) is 5.39 Å². The number of benzene rings is 3. The highest BCUT2D eigenvalue weighted by molar-refractivity contribution is 6.00. The van der Waals surface area contributed by atoms with Gasteiger partial charge in [0.25, 0.3) is 0 Å². The lowest BCUT2D eigenvalue weighted by Crippen LogP contribution is -2.12. The molecule has 3 aromatic heterocycles. The summed E-state index contributed by atoms with van der Waals surface area (Å²) < 4.78 is 0. The first-order valence-electron chi connectivity index (χ1n) is 10.7. The van der Waals surface area contributed by atoms with Crippen molar-refractivity contribution in [3.8, 4) is 22.6 Å². The molecule has 6 rings (SSSR count). The Kier molecular flexibility index (Phi) is 4.26. The number of pyridine rings is 1. The lowest BCUT2D eigenvalue weighted by Gasteiger charge is -2.10. The number of hydrogen-bond donors (Lipinski definition) is 3. The fraction of sp³-hybridized carbons (Fsp3) is 0.115. The number of aromatic nitrogens is 5. The van der Waals surface area contributed by atoms with Crippen molar-refractivity contribution < 1.29 is 0 Å². The summed E-state index contributed by atoms with van der Waals surface area (Å²) in [5.74, 6) is 0.759. The summed E-state index contributed by atoms with van der Waals surface area (Å²) >= 11 is 0. The summed E-state index contributed by atoms with van der Waals surface area (Å²) in [7, 11) is 1.96. The number of nitrogens with one attached hydrogen (secondary N) is 3. The summed E-state index contributed by atoms with van der Waals surface area (Å²) in [6.07, 6.45) is 3.83. The van der Waals surface area contributed by atoms with Crippen LogP contribution in [-0.4, -0.2) is 32.2 Å². The second-order valence-electron chi connectivity index (χ2n) is 8.08. The number of fused-ring (bicyclic) bond motifs is 3. The summed E-state index contributed by atoms with van der Waals surface area (Å²) in [4.78, 5) is 12.9. The van der Waals surface area contributed by atoms with Crippen LogP contribution in [0.4, 0.5) is 0 Å². The molecule has 0 bridgehead atoms. The molecule has 3 N–H and O–H groups in total. The monoisotopic (exact) mass is 418 g/mol. The van der Waals surface area contributed by atoms with Crippen LogP contribution in [0.3, 0.4) is 0 Å². The van der Waals surface area contributed by atoms with Gasteiger partial charge in [-0.25, -0.2) is 4.98 Å². The Morgan fingerprint density at radius 1 is 0.906 bits per heavy atom. The molecule has 156 valence electrons. The zero-order valence-electron chi connectivity index (χ0n) is 17.8. The molecular formula is C26H22N6. The van der Waals surface area contributed by atoms with E-state index >= 15 is 0 Å². The van der Waals surface area contributed by atoms with Gasteiger partial charge in [0.1, 0.15) is 5.69 Å². The molecule has 0 fully saturated rings. The van der Waals surface area contributed by atoms with Crippen molar-refractivity contribution in [3.63, 3.8) is 0 Å². The first-order chi connectivity index (χ1) is 15.7. The van der Waals surface area contributed by atoms with E-state index in [1.807, 2.05) is 25.5 Å². The molecule has 0 aliphatic carbocycles. The average Bonchev–Trinajstić information content (AvgIpc) is 3.46. The number of H-pyrrole nitrogens is 2. The molecule has 1 unspecified atom stereocenters. The molecule has 6 nitrogen and oxygen atoms in total. The fourth-order valence-corrected chi connectivity index (χ4v) is 4.38. The number of nitrogens with zero attached hydrogens (tertiary/aromatic N) is 3. The van der Waals surface area contributed by atoms with Crippen LogP contribution in [0.2, 0.25) is 0 Å². The topological polar surface area (TPSA) is 82.3 Å². The van der Waals surface area contributed by atoms with Crippen LogP contribution in [0, 0.1) is 0 Å². The highest BCUT2D eigenvalue weighted by Gasteiger charge is 2.17. The highest BCUT2D eigenvalue weighted by atomic mass is 15.1. The third-order valence-corrected chi connectivity index (χ3v) is 6.21. The van der Waals surface area contributed by atoms with Gasteiger partial charge >= 0.3 is 0 Å². The van der Waals surface area contributed by atoms with Crippen LogP contribution in [-0.2, 0) is 0 Å². The summed E-state index contributed by atoms with van der Waals surface area (Å²) in [5, 5.41) is 14.4. The first-order valence-corrected chi connectivity index (χ1v) is 10.7. The lowest BCUT2D eigenvalue weighted by molar-refractivity contribution is 0.656. The van der Waals surface area contributed by atoms with Crippen molar-refractivity contribution in [2.45, 2.75) is 13.0 Å². The predicted octanol–water partition coefficient (Wildman–Crippen LogP) is 5.60.